The SMILES string of the molecule is COCCNc1nc2nc[nH]c2c(=O)[nH]1. The minimum absolute atomic E-state index is 0.239. The van der Waals surface area contributed by atoms with Crippen LogP contribution in [0.5, 0.6) is 0 Å². The van der Waals surface area contributed by atoms with Crippen molar-refractivity contribution in [1.29, 1.82) is 0 Å². The maximum absolute atomic E-state index is 11.5. The van der Waals surface area contributed by atoms with E-state index in [2.05, 4.69) is 25.3 Å². The van der Waals surface area contributed by atoms with Crippen molar-refractivity contribution in [3.05, 3.63) is 16.7 Å². The standard InChI is InChI=1S/C8H11N5O2/c1-15-3-2-9-8-12-6-5(7(14)13-8)10-4-11-6/h4H,2-3H2,1H3,(H3,9,10,11,12,13,14). The molecule has 0 aliphatic rings. The average molecular weight is 209 g/mol. The van der Waals surface area contributed by atoms with Crippen molar-refractivity contribution >= 4 is 17.1 Å². The lowest BCUT2D eigenvalue weighted by atomic mass is 10.5. The molecule has 2 rings (SSSR count). The van der Waals surface area contributed by atoms with Gasteiger partial charge in [0, 0.05) is 13.7 Å². The van der Waals surface area contributed by atoms with E-state index in [0.717, 1.165) is 0 Å². The molecule has 2 aromatic heterocycles. The largest absolute Gasteiger partial charge is 0.383 e. The number of hydrogen-bond acceptors (Lipinski definition) is 5. The Balaban J connectivity index is 2.25. The molecule has 0 saturated carbocycles. The van der Waals surface area contributed by atoms with Crippen molar-refractivity contribution in [1.82, 2.24) is 19.9 Å². The van der Waals surface area contributed by atoms with E-state index in [9.17, 15) is 4.79 Å². The third-order valence-electron chi connectivity index (χ3n) is 1.89. The molecule has 0 atom stereocenters. The van der Waals surface area contributed by atoms with Gasteiger partial charge in [-0.25, -0.2) is 4.98 Å². The Bertz CT molecular complexity index is 503. The molecule has 3 N–H and O–H groups in total. The van der Waals surface area contributed by atoms with Crippen molar-refractivity contribution in [2.24, 2.45) is 0 Å². The number of rotatable bonds is 4. The highest BCUT2D eigenvalue weighted by molar-refractivity contribution is 5.69. The zero-order valence-electron chi connectivity index (χ0n) is 8.20. The molecule has 7 nitrogen and oxygen atoms in total. The van der Waals surface area contributed by atoms with Gasteiger partial charge in [0.2, 0.25) is 5.95 Å². The van der Waals surface area contributed by atoms with Gasteiger partial charge in [0.1, 0.15) is 0 Å². The highest BCUT2D eigenvalue weighted by Gasteiger charge is 2.04. The van der Waals surface area contributed by atoms with E-state index in [0.29, 0.717) is 30.3 Å². The Morgan fingerprint density at radius 1 is 1.60 bits per heavy atom. The molecule has 0 aliphatic heterocycles. The molecule has 0 amide bonds. The number of hydrogen-bond donors (Lipinski definition) is 3. The van der Waals surface area contributed by atoms with Gasteiger partial charge in [0.15, 0.2) is 11.2 Å². The fourth-order valence-corrected chi connectivity index (χ4v) is 1.20. The van der Waals surface area contributed by atoms with E-state index in [1.807, 2.05) is 0 Å². The number of anilines is 1. The second-order valence-electron chi connectivity index (χ2n) is 2.94. The van der Waals surface area contributed by atoms with Crippen LogP contribution in [0.1, 0.15) is 0 Å². The van der Waals surface area contributed by atoms with E-state index in [-0.39, 0.29) is 5.56 Å². The quantitative estimate of drug-likeness (QED) is 0.601. The second-order valence-corrected chi connectivity index (χ2v) is 2.94. The van der Waals surface area contributed by atoms with Gasteiger partial charge in [-0.3, -0.25) is 9.78 Å². The number of fused-ring (bicyclic) bond motifs is 1. The van der Waals surface area contributed by atoms with Crippen LogP contribution in [-0.4, -0.2) is 40.2 Å². The molecular weight excluding hydrogens is 198 g/mol. The first-order valence-electron chi connectivity index (χ1n) is 4.47. The zero-order chi connectivity index (χ0) is 10.7. The first-order chi connectivity index (χ1) is 7.31. The third kappa shape index (κ3) is 1.96. The van der Waals surface area contributed by atoms with Crippen molar-refractivity contribution in [3.8, 4) is 0 Å². The average Bonchev–Trinajstić information content (AvgIpc) is 2.66. The highest BCUT2D eigenvalue weighted by Crippen LogP contribution is 2.01. The Hall–Kier alpha value is -1.89. The lowest BCUT2D eigenvalue weighted by Gasteiger charge is -2.03. The lowest BCUT2D eigenvalue weighted by molar-refractivity contribution is 0.210. The number of ether oxygens (including phenoxy) is 1. The van der Waals surface area contributed by atoms with Gasteiger partial charge in [-0.15, -0.1) is 0 Å². The molecule has 15 heavy (non-hydrogen) atoms. The molecule has 2 heterocycles. The van der Waals surface area contributed by atoms with Gasteiger partial charge in [0.25, 0.3) is 5.56 Å². The monoisotopic (exact) mass is 209 g/mol. The Kier molecular flexibility index (Phi) is 2.64. The Labute approximate surface area is 84.9 Å². The number of aromatic amines is 2. The van der Waals surface area contributed by atoms with Gasteiger partial charge in [-0.05, 0) is 0 Å². The highest BCUT2D eigenvalue weighted by atomic mass is 16.5. The number of methoxy groups -OCH3 is 1. The summed E-state index contributed by atoms with van der Waals surface area (Å²) in [5.41, 5.74) is 0.545. The van der Waals surface area contributed by atoms with Crippen LogP contribution >= 0.6 is 0 Å². The molecular formula is C8H11N5O2. The number of imidazole rings is 1. The van der Waals surface area contributed by atoms with Crippen LogP contribution in [0.15, 0.2) is 11.1 Å². The smallest absolute Gasteiger partial charge is 0.278 e. The van der Waals surface area contributed by atoms with E-state index in [1.165, 1.54) is 6.33 Å². The molecule has 0 fully saturated rings. The summed E-state index contributed by atoms with van der Waals surface area (Å²) in [6, 6.07) is 0. The maximum atomic E-state index is 11.5. The van der Waals surface area contributed by atoms with Crippen LogP contribution in [0, 0.1) is 0 Å². The van der Waals surface area contributed by atoms with Crippen molar-refractivity contribution in [3.63, 3.8) is 0 Å². The summed E-state index contributed by atoms with van der Waals surface area (Å²) < 4.78 is 4.86. The van der Waals surface area contributed by atoms with Crippen LogP contribution in [0.2, 0.25) is 0 Å². The van der Waals surface area contributed by atoms with E-state index >= 15 is 0 Å². The normalized spacial score (nSPS) is 10.7. The second kappa shape index (κ2) is 4.09. The zero-order valence-corrected chi connectivity index (χ0v) is 8.20. The molecule has 7 heteroatoms. The molecule has 0 aromatic carbocycles. The van der Waals surface area contributed by atoms with Crippen LogP contribution in [0.25, 0.3) is 11.2 Å². The minimum atomic E-state index is -0.239. The molecule has 0 spiro atoms. The molecule has 0 bridgehead atoms. The first kappa shape index (κ1) is 9.66. The molecule has 2 aromatic rings. The number of nitrogens with one attached hydrogen (secondary N) is 3. The molecule has 0 saturated heterocycles. The number of aromatic nitrogens is 4. The van der Waals surface area contributed by atoms with Gasteiger partial charge >= 0.3 is 0 Å². The fourth-order valence-electron chi connectivity index (χ4n) is 1.20. The van der Waals surface area contributed by atoms with Crippen LogP contribution in [0.4, 0.5) is 5.95 Å². The Morgan fingerprint density at radius 3 is 3.27 bits per heavy atom. The number of nitrogens with zero attached hydrogens (tertiary/aromatic N) is 2. The fraction of sp³-hybridized carbons (Fsp3) is 0.375. The van der Waals surface area contributed by atoms with Crippen molar-refractivity contribution in [2.45, 2.75) is 0 Å². The third-order valence-corrected chi connectivity index (χ3v) is 1.89. The summed E-state index contributed by atoms with van der Waals surface area (Å²) in [6.07, 6.45) is 1.44. The summed E-state index contributed by atoms with van der Waals surface area (Å²) >= 11 is 0. The van der Waals surface area contributed by atoms with Crippen LogP contribution in [0.3, 0.4) is 0 Å². The van der Waals surface area contributed by atoms with Gasteiger partial charge < -0.3 is 15.0 Å². The van der Waals surface area contributed by atoms with Crippen molar-refractivity contribution < 1.29 is 4.74 Å². The van der Waals surface area contributed by atoms with Crippen LogP contribution < -0.4 is 10.9 Å². The molecule has 0 radical (unpaired) electrons. The number of H-pyrrole nitrogens is 2. The van der Waals surface area contributed by atoms with E-state index in [1.54, 1.807) is 7.11 Å². The van der Waals surface area contributed by atoms with E-state index in [4.69, 9.17) is 4.74 Å². The van der Waals surface area contributed by atoms with Crippen LogP contribution in [-0.2, 0) is 4.74 Å². The van der Waals surface area contributed by atoms with Gasteiger partial charge in [0.05, 0.1) is 12.9 Å². The topological polar surface area (TPSA) is 95.7 Å². The summed E-state index contributed by atoms with van der Waals surface area (Å²) in [4.78, 5) is 24.8. The summed E-state index contributed by atoms with van der Waals surface area (Å²) in [5, 5.41) is 2.92. The van der Waals surface area contributed by atoms with Gasteiger partial charge in [-0.2, -0.15) is 4.98 Å². The summed E-state index contributed by atoms with van der Waals surface area (Å²) in [7, 11) is 1.61. The molecule has 0 aliphatic carbocycles. The van der Waals surface area contributed by atoms with E-state index < -0.39 is 0 Å². The molecule has 80 valence electrons. The summed E-state index contributed by atoms with van der Waals surface area (Å²) in [5.74, 6) is 0.400. The maximum Gasteiger partial charge on any atom is 0.278 e. The first-order valence-corrected chi connectivity index (χ1v) is 4.47. The minimum Gasteiger partial charge on any atom is -0.383 e. The predicted molar refractivity (Wildman–Crippen MR) is 54.9 cm³/mol. The summed E-state index contributed by atoms with van der Waals surface area (Å²) in [6.45, 7) is 1.12. The van der Waals surface area contributed by atoms with Crippen molar-refractivity contribution in [2.75, 3.05) is 25.6 Å². The predicted octanol–water partition coefficient (Wildman–Crippen LogP) is -0.296. The molecule has 0 unspecified atom stereocenters. The van der Waals surface area contributed by atoms with Gasteiger partial charge in [-0.1, -0.05) is 0 Å². The lowest BCUT2D eigenvalue weighted by Crippen LogP contribution is -2.15. The Morgan fingerprint density at radius 2 is 2.47 bits per heavy atom.